The molecule has 0 radical (unpaired) electrons. The molecule has 1 aliphatic heterocycles. The third kappa shape index (κ3) is 2.48. The fourth-order valence-electron chi connectivity index (χ4n) is 2.12. The second kappa shape index (κ2) is 4.90. The Bertz CT molecular complexity index is 615. The standard InChI is InChI=1S/C12H15FN2O3S/c1-8-7-10(13)3-4-11(8)19(17,18)15-6-5-14-12(16)9(15)2/h3-4,7,9H,5-6H2,1-2H3,(H,14,16). The van der Waals surface area contributed by atoms with Gasteiger partial charge in [0.05, 0.1) is 4.90 Å². The molecule has 1 aliphatic rings. The predicted molar refractivity (Wildman–Crippen MR) is 67.5 cm³/mol. The average Bonchev–Trinajstić information content (AvgIpc) is 2.31. The largest absolute Gasteiger partial charge is 0.353 e. The first-order valence-electron chi connectivity index (χ1n) is 5.90. The summed E-state index contributed by atoms with van der Waals surface area (Å²) in [5, 5.41) is 2.60. The van der Waals surface area contributed by atoms with Crippen molar-refractivity contribution in [3.05, 3.63) is 29.6 Å². The summed E-state index contributed by atoms with van der Waals surface area (Å²) >= 11 is 0. The fraction of sp³-hybridized carbons (Fsp3) is 0.417. The van der Waals surface area contributed by atoms with Crippen molar-refractivity contribution in [2.75, 3.05) is 13.1 Å². The van der Waals surface area contributed by atoms with E-state index >= 15 is 0 Å². The number of benzene rings is 1. The molecule has 5 nitrogen and oxygen atoms in total. The minimum atomic E-state index is -3.79. The van der Waals surface area contributed by atoms with Gasteiger partial charge >= 0.3 is 0 Å². The lowest BCUT2D eigenvalue weighted by Crippen LogP contribution is -2.55. The Morgan fingerprint density at radius 2 is 2.11 bits per heavy atom. The van der Waals surface area contributed by atoms with Gasteiger partial charge in [0.15, 0.2) is 0 Å². The second-order valence-corrected chi connectivity index (χ2v) is 6.35. The smallest absolute Gasteiger partial charge is 0.244 e. The van der Waals surface area contributed by atoms with Gasteiger partial charge in [-0.1, -0.05) is 0 Å². The molecule has 1 heterocycles. The number of hydrogen-bond acceptors (Lipinski definition) is 3. The summed E-state index contributed by atoms with van der Waals surface area (Å²) < 4.78 is 39.2. The molecule has 0 bridgehead atoms. The van der Waals surface area contributed by atoms with Gasteiger partial charge in [-0.2, -0.15) is 4.31 Å². The van der Waals surface area contributed by atoms with Crippen LogP contribution in [0, 0.1) is 12.7 Å². The maximum Gasteiger partial charge on any atom is 0.244 e. The van der Waals surface area contributed by atoms with Crippen LogP contribution in [0.25, 0.3) is 0 Å². The molecule has 2 rings (SSSR count). The molecular weight excluding hydrogens is 271 g/mol. The molecule has 104 valence electrons. The Balaban J connectivity index is 2.44. The molecule has 1 N–H and O–H groups in total. The van der Waals surface area contributed by atoms with Crippen LogP contribution in [0.1, 0.15) is 12.5 Å². The molecule has 1 unspecified atom stereocenters. The first kappa shape index (κ1) is 14.0. The van der Waals surface area contributed by atoms with Crippen molar-refractivity contribution in [3.63, 3.8) is 0 Å². The summed E-state index contributed by atoms with van der Waals surface area (Å²) in [6.07, 6.45) is 0. The van der Waals surface area contributed by atoms with Crippen LogP contribution in [-0.4, -0.2) is 37.8 Å². The average molecular weight is 286 g/mol. The lowest BCUT2D eigenvalue weighted by atomic mass is 10.2. The Morgan fingerprint density at radius 3 is 2.74 bits per heavy atom. The highest BCUT2D eigenvalue weighted by Crippen LogP contribution is 2.23. The molecule has 0 saturated carbocycles. The summed E-state index contributed by atoms with van der Waals surface area (Å²) in [4.78, 5) is 11.6. The van der Waals surface area contributed by atoms with Crippen LogP contribution in [0.5, 0.6) is 0 Å². The number of nitrogens with one attached hydrogen (secondary N) is 1. The van der Waals surface area contributed by atoms with Gasteiger partial charge in [-0.05, 0) is 37.6 Å². The topological polar surface area (TPSA) is 66.5 Å². The van der Waals surface area contributed by atoms with E-state index in [1.165, 1.54) is 26.0 Å². The maximum absolute atomic E-state index is 13.0. The Kier molecular flexibility index (Phi) is 3.60. The summed E-state index contributed by atoms with van der Waals surface area (Å²) in [6, 6.07) is 2.75. The highest BCUT2D eigenvalue weighted by molar-refractivity contribution is 7.89. The third-order valence-electron chi connectivity index (χ3n) is 3.17. The van der Waals surface area contributed by atoms with Crippen molar-refractivity contribution >= 4 is 15.9 Å². The molecule has 0 aliphatic carbocycles. The van der Waals surface area contributed by atoms with Gasteiger partial charge in [-0.15, -0.1) is 0 Å². The van der Waals surface area contributed by atoms with Crippen molar-refractivity contribution in [1.29, 1.82) is 0 Å². The van der Waals surface area contributed by atoms with E-state index in [-0.39, 0.29) is 23.9 Å². The number of sulfonamides is 1. The number of carbonyl (C=O) groups excluding carboxylic acids is 1. The normalized spacial score (nSPS) is 21.2. The van der Waals surface area contributed by atoms with Crippen LogP contribution in [0.15, 0.2) is 23.1 Å². The first-order valence-corrected chi connectivity index (χ1v) is 7.34. The minimum absolute atomic E-state index is 0.0375. The van der Waals surface area contributed by atoms with Crippen molar-refractivity contribution in [2.24, 2.45) is 0 Å². The minimum Gasteiger partial charge on any atom is -0.353 e. The van der Waals surface area contributed by atoms with Gasteiger partial charge in [0.25, 0.3) is 0 Å². The zero-order valence-corrected chi connectivity index (χ0v) is 11.5. The lowest BCUT2D eigenvalue weighted by molar-refractivity contribution is -0.126. The Hall–Kier alpha value is -1.47. The second-order valence-electron chi connectivity index (χ2n) is 4.49. The molecule has 1 aromatic rings. The van der Waals surface area contributed by atoms with E-state index in [9.17, 15) is 17.6 Å². The predicted octanol–water partition coefficient (Wildman–Crippen LogP) is 0.643. The van der Waals surface area contributed by atoms with Gasteiger partial charge in [-0.25, -0.2) is 12.8 Å². The number of hydrogen-bond donors (Lipinski definition) is 1. The summed E-state index contributed by atoms with van der Waals surface area (Å²) in [5.41, 5.74) is 0.332. The van der Waals surface area contributed by atoms with Gasteiger partial charge in [0.2, 0.25) is 15.9 Å². The highest BCUT2D eigenvalue weighted by Gasteiger charge is 2.36. The molecule has 19 heavy (non-hydrogen) atoms. The molecule has 0 aromatic heterocycles. The summed E-state index contributed by atoms with van der Waals surface area (Å²) in [6.45, 7) is 3.56. The van der Waals surface area contributed by atoms with Gasteiger partial charge in [0, 0.05) is 13.1 Å². The number of aryl methyl sites for hydroxylation is 1. The van der Waals surface area contributed by atoms with Crippen LogP contribution < -0.4 is 5.32 Å². The number of nitrogens with zero attached hydrogens (tertiary/aromatic N) is 1. The molecule has 7 heteroatoms. The van der Waals surface area contributed by atoms with Gasteiger partial charge in [0.1, 0.15) is 11.9 Å². The maximum atomic E-state index is 13.0. The van der Waals surface area contributed by atoms with E-state index < -0.39 is 21.9 Å². The molecule has 1 fully saturated rings. The number of amides is 1. The monoisotopic (exact) mass is 286 g/mol. The number of carbonyl (C=O) groups is 1. The van der Waals surface area contributed by atoms with Crippen molar-refractivity contribution in [3.8, 4) is 0 Å². The van der Waals surface area contributed by atoms with Gasteiger partial charge in [-0.3, -0.25) is 4.79 Å². The SMILES string of the molecule is Cc1cc(F)ccc1S(=O)(=O)N1CCNC(=O)C1C. The van der Waals surface area contributed by atoms with E-state index in [4.69, 9.17) is 0 Å². The summed E-state index contributed by atoms with van der Waals surface area (Å²) in [7, 11) is -3.79. The van der Waals surface area contributed by atoms with Crippen LogP contribution in [0.4, 0.5) is 4.39 Å². The quantitative estimate of drug-likeness (QED) is 0.868. The summed E-state index contributed by atoms with van der Waals surface area (Å²) in [5.74, 6) is -0.810. The van der Waals surface area contributed by atoms with Crippen molar-refractivity contribution < 1.29 is 17.6 Å². The number of piperazine rings is 1. The van der Waals surface area contributed by atoms with Crippen molar-refractivity contribution in [2.45, 2.75) is 24.8 Å². The van der Waals surface area contributed by atoms with Crippen LogP contribution in [0.2, 0.25) is 0 Å². The Labute approximate surface area is 111 Å². The molecular formula is C12H15FN2O3S. The molecule has 1 saturated heterocycles. The van der Waals surface area contributed by atoms with E-state index in [2.05, 4.69) is 5.32 Å². The first-order chi connectivity index (χ1) is 8.84. The fourth-order valence-corrected chi connectivity index (χ4v) is 3.92. The van der Waals surface area contributed by atoms with E-state index in [1.54, 1.807) is 0 Å². The molecule has 0 spiro atoms. The number of halogens is 1. The third-order valence-corrected chi connectivity index (χ3v) is 5.30. The van der Waals surface area contributed by atoms with Crippen molar-refractivity contribution in [1.82, 2.24) is 9.62 Å². The van der Waals surface area contributed by atoms with Crippen LogP contribution >= 0.6 is 0 Å². The van der Waals surface area contributed by atoms with E-state index in [1.807, 2.05) is 0 Å². The number of rotatable bonds is 2. The molecule has 1 atom stereocenters. The lowest BCUT2D eigenvalue weighted by Gasteiger charge is -2.32. The van der Waals surface area contributed by atoms with E-state index in [0.717, 1.165) is 10.4 Å². The highest BCUT2D eigenvalue weighted by atomic mass is 32.2. The van der Waals surface area contributed by atoms with Crippen LogP contribution in [0.3, 0.4) is 0 Å². The molecule has 1 aromatic carbocycles. The zero-order chi connectivity index (χ0) is 14.2. The molecule has 1 amide bonds. The Morgan fingerprint density at radius 1 is 1.42 bits per heavy atom. The van der Waals surface area contributed by atoms with Crippen LogP contribution in [-0.2, 0) is 14.8 Å². The van der Waals surface area contributed by atoms with Gasteiger partial charge < -0.3 is 5.32 Å². The van der Waals surface area contributed by atoms with E-state index in [0.29, 0.717) is 5.56 Å². The zero-order valence-electron chi connectivity index (χ0n) is 10.7.